The van der Waals surface area contributed by atoms with E-state index in [-0.39, 0.29) is 6.61 Å². The van der Waals surface area contributed by atoms with Crippen molar-refractivity contribution in [1.82, 2.24) is 15.0 Å². The first kappa shape index (κ1) is 25.3. The number of aryl methyl sites for hydroxylation is 2. The van der Waals surface area contributed by atoms with Crippen LogP contribution >= 0.6 is 0 Å². The molecule has 3 aromatic heterocycles. The average Bonchev–Trinajstić information content (AvgIpc) is 3.54. The molecule has 0 aromatic carbocycles. The van der Waals surface area contributed by atoms with Gasteiger partial charge in [-0.2, -0.15) is 4.98 Å². The van der Waals surface area contributed by atoms with Crippen LogP contribution < -0.4 is 15.4 Å². The van der Waals surface area contributed by atoms with E-state index in [9.17, 15) is 15.3 Å². The van der Waals surface area contributed by atoms with Crippen LogP contribution in [0.3, 0.4) is 0 Å². The molecule has 0 unspecified atom stereocenters. The Bertz CT molecular complexity index is 1300. The number of furan rings is 1. The van der Waals surface area contributed by atoms with Gasteiger partial charge in [-0.3, -0.25) is 0 Å². The van der Waals surface area contributed by atoms with E-state index in [1.165, 1.54) is 32.1 Å². The first-order chi connectivity index (χ1) is 18.4. The summed E-state index contributed by atoms with van der Waals surface area (Å²) in [6.07, 6.45) is 4.49. The first-order valence-corrected chi connectivity index (χ1v) is 13.8. The van der Waals surface area contributed by atoms with Gasteiger partial charge in [-0.25, -0.2) is 9.97 Å². The minimum atomic E-state index is -1.03. The van der Waals surface area contributed by atoms with E-state index in [1.54, 1.807) is 0 Å². The Hall–Kier alpha value is -2.95. The number of hydrogen-bond donors (Lipinski definition) is 5. The third-order valence-corrected chi connectivity index (χ3v) is 8.28. The maximum Gasteiger partial charge on any atom is 0.224 e. The number of rotatable bonds is 10. The van der Waals surface area contributed by atoms with E-state index in [4.69, 9.17) is 19.1 Å². The molecule has 6 rings (SSSR count). The molecule has 0 saturated heterocycles. The first-order valence-electron chi connectivity index (χ1n) is 13.8. The summed E-state index contributed by atoms with van der Waals surface area (Å²) in [5.74, 6) is 3.06. The van der Waals surface area contributed by atoms with Crippen LogP contribution in [0, 0.1) is 31.6 Å². The van der Waals surface area contributed by atoms with Crippen molar-refractivity contribution in [2.24, 2.45) is 17.8 Å². The van der Waals surface area contributed by atoms with Crippen LogP contribution in [0.25, 0.3) is 22.3 Å². The second-order valence-corrected chi connectivity index (χ2v) is 11.3. The Kier molecular flexibility index (Phi) is 6.88. The number of aliphatic hydroxyl groups excluding tert-OH is 3. The van der Waals surface area contributed by atoms with E-state index in [1.807, 2.05) is 26.0 Å². The molecule has 3 saturated carbocycles. The Balaban J connectivity index is 1.33. The molecule has 0 radical (unpaired) electrons. The van der Waals surface area contributed by atoms with Crippen LogP contribution in [0.2, 0.25) is 0 Å². The van der Waals surface area contributed by atoms with Gasteiger partial charge in [0, 0.05) is 30.5 Å². The van der Waals surface area contributed by atoms with Gasteiger partial charge in [0.1, 0.15) is 17.7 Å². The van der Waals surface area contributed by atoms with Gasteiger partial charge in [0.15, 0.2) is 5.58 Å². The van der Waals surface area contributed by atoms with Crippen LogP contribution in [0.1, 0.15) is 49.9 Å². The topological polar surface area (TPSA) is 146 Å². The van der Waals surface area contributed by atoms with Crippen LogP contribution in [0.4, 0.5) is 11.8 Å². The number of nitrogens with zero attached hydrogens (tertiary/aromatic N) is 3. The molecule has 5 N–H and O–H groups in total. The molecular formula is C28H37N5O5. The third-order valence-electron chi connectivity index (χ3n) is 8.28. The molecule has 0 amide bonds. The number of aromatic nitrogens is 3. The van der Waals surface area contributed by atoms with Crippen molar-refractivity contribution >= 4 is 22.7 Å². The summed E-state index contributed by atoms with van der Waals surface area (Å²) in [5.41, 5.74) is 2.82. The molecule has 3 aliphatic rings. The minimum Gasteiger partial charge on any atom is -0.477 e. The van der Waals surface area contributed by atoms with Crippen molar-refractivity contribution in [3.63, 3.8) is 0 Å². The van der Waals surface area contributed by atoms with Crippen LogP contribution in [0.15, 0.2) is 16.5 Å². The van der Waals surface area contributed by atoms with Crippen molar-refractivity contribution in [3.05, 3.63) is 23.5 Å². The molecular weight excluding hydrogens is 486 g/mol. The summed E-state index contributed by atoms with van der Waals surface area (Å²) in [6.45, 7) is 5.12. The number of anilines is 2. The second-order valence-electron chi connectivity index (χ2n) is 11.3. The molecule has 3 fully saturated rings. The summed E-state index contributed by atoms with van der Waals surface area (Å²) in [4.78, 5) is 14.1. The van der Waals surface area contributed by atoms with Gasteiger partial charge in [0.05, 0.1) is 35.7 Å². The highest BCUT2D eigenvalue weighted by molar-refractivity contribution is 5.88. The SMILES string of the molecule is Cc1nc(NCC2CC2)nc(N[C@@H]2C[C@H](CO)[C@@H](O)[C@H]2O)c1-c1cc2cc(OCC3CCC3)nc(C)c2o1. The number of aliphatic hydroxyl groups is 3. The molecule has 3 aliphatic carbocycles. The standard InChI is InChI=1S/C28H37N5O5/c1-14-23(21-9-18-10-22(30-15(2)26(18)38-21)37-13-17-4-3-5-17)27(33-28(31-14)29-11-16-6-7-16)32-20-8-19(12-34)24(35)25(20)36/h9-10,16-17,19-20,24-25,34-36H,3-8,11-13H2,1-2H3,(H2,29,31,32,33)/t19-,20-,24-,25+/m1/s1. The quantitative estimate of drug-likeness (QED) is 0.268. The van der Waals surface area contributed by atoms with Gasteiger partial charge in [-0.1, -0.05) is 6.42 Å². The Morgan fingerprint density at radius 3 is 2.50 bits per heavy atom. The third kappa shape index (κ3) is 5.04. The Labute approximate surface area is 221 Å². The van der Waals surface area contributed by atoms with Crippen LogP contribution in [-0.2, 0) is 0 Å². The van der Waals surface area contributed by atoms with E-state index in [0.29, 0.717) is 59.4 Å². The largest absolute Gasteiger partial charge is 0.477 e. The molecule has 3 aromatic rings. The Morgan fingerprint density at radius 2 is 1.82 bits per heavy atom. The summed E-state index contributed by atoms with van der Waals surface area (Å²) < 4.78 is 12.3. The van der Waals surface area contributed by atoms with E-state index in [0.717, 1.165) is 23.3 Å². The number of pyridine rings is 1. The molecule has 10 nitrogen and oxygen atoms in total. The molecule has 204 valence electrons. The van der Waals surface area contributed by atoms with E-state index in [2.05, 4.69) is 15.6 Å². The number of fused-ring (bicyclic) bond motifs is 1. The van der Waals surface area contributed by atoms with Crippen molar-refractivity contribution in [2.75, 3.05) is 30.4 Å². The fourth-order valence-electron chi connectivity index (χ4n) is 5.47. The van der Waals surface area contributed by atoms with Crippen LogP contribution in [0.5, 0.6) is 5.88 Å². The van der Waals surface area contributed by atoms with Crippen molar-refractivity contribution in [1.29, 1.82) is 0 Å². The highest BCUT2D eigenvalue weighted by Gasteiger charge is 2.41. The summed E-state index contributed by atoms with van der Waals surface area (Å²) >= 11 is 0. The van der Waals surface area contributed by atoms with Gasteiger partial charge < -0.3 is 35.1 Å². The smallest absolute Gasteiger partial charge is 0.224 e. The molecule has 4 atom stereocenters. The van der Waals surface area contributed by atoms with Gasteiger partial charge in [0.2, 0.25) is 11.8 Å². The monoisotopic (exact) mass is 523 g/mol. The summed E-state index contributed by atoms with van der Waals surface area (Å²) in [7, 11) is 0. The molecule has 0 aliphatic heterocycles. The normalized spacial score (nSPS) is 25.5. The lowest BCUT2D eigenvalue weighted by molar-refractivity contribution is 0.00446. The van der Waals surface area contributed by atoms with E-state index < -0.39 is 24.2 Å². The van der Waals surface area contributed by atoms with Crippen molar-refractivity contribution in [3.8, 4) is 17.2 Å². The highest BCUT2D eigenvalue weighted by atomic mass is 16.5. The van der Waals surface area contributed by atoms with Gasteiger partial charge in [0.25, 0.3) is 0 Å². The lowest BCUT2D eigenvalue weighted by Crippen LogP contribution is -2.35. The maximum atomic E-state index is 10.7. The zero-order valence-corrected chi connectivity index (χ0v) is 22.0. The zero-order valence-electron chi connectivity index (χ0n) is 22.0. The number of nitrogens with one attached hydrogen (secondary N) is 2. The van der Waals surface area contributed by atoms with Crippen LogP contribution in [-0.4, -0.2) is 68.3 Å². The fourth-order valence-corrected chi connectivity index (χ4v) is 5.47. The second kappa shape index (κ2) is 10.3. The molecule has 10 heteroatoms. The lowest BCUT2D eigenvalue weighted by atomic mass is 9.86. The Morgan fingerprint density at radius 1 is 1.00 bits per heavy atom. The highest BCUT2D eigenvalue weighted by Crippen LogP contribution is 2.39. The van der Waals surface area contributed by atoms with Crippen molar-refractivity contribution in [2.45, 2.75) is 70.6 Å². The number of hydrogen-bond acceptors (Lipinski definition) is 10. The predicted molar refractivity (Wildman–Crippen MR) is 143 cm³/mol. The maximum absolute atomic E-state index is 10.7. The van der Waals surface area contributed by atoms with Gasteiger partial charge in [-0.05, 0) is 63.9 Å². The molecule has 0 spiro atoms. The van der Waals surface area contributed by atoms with Crippen molar-refractivity contribution < 1.29 is 24.5 Å². The van der Waals surface area contributed by atoms with E-state index >= 15 is 0 Å². The van der Waals surface area contributed by atoms with Gasteiger partial charge >= 0.3 is 0 Å². The predicted octanol–water partition coefficient (Wildman–Crippen LogP) is 3.42. The zero-order chi connectivity index (χ0) is 26.4. The fraction of sp³-hybridized carbons (Fsp3) is 0.607. The molecule has 38 heavy (non-hydrogen) atoms. The van der Waals surface area contributed by atoms with Gasteiger partial charge in [-0.15, -0.1) is 0 Å². The lowest BCUT2D eigenvalue weighted by Gasteiger charge is -2.24. The molecule has 3 heterocycles. The summed E-state index contributed by atoms with van der Waals surface area (Å²) in [6, 6.07) is 3.38. The minimum absolute atomic E-state index is 0.193. The number of ether oxygens (including phenoxy) is 1. The molecule has 0 bridgehead atoms. The average molecular weight is 524 g/mol. The summed E-state index contributed by atoms with van der Waals surface area (Å²) in [5, 5.41) is 38.2.